The molecule has 2 aliphatic rings. The van der Waals surface area contributed by atoms with Crippen LogP contribution in [0.3, 0.4) is 0 Å². The monoisotopic (exact) mass is 297 g/mol. The lowest BCUT2D eigenvalue weighted by Crippen LogP contribution is -2.44. The van der Waals surface area contributed by atoms with Crippen molar-refractivity contribution in [2.24, 2.45) is 5.92 Å². The Morgan fingerprint density at radius 2 is 1.81 bits per heavy atom. The largest absolute Gasteiger partial charge is 0.480 e. The van der Waals surface area contributed by atoms with Crippen LogP contribution in [0, 0.1) is 5.92 Å². The Hall–Kier alpha value is -1.30. The number of carbonyl (C=O) groups excluding carboxylic acids is 1. The average molecular weight is 297 g/mol. The Kier molecular flexibility index (Phi) is 5.85. The molecule has 120 valence electrons. The summed E-state index contributed by atoms with van der Waals surface area (Å²) in [7, 11) is 1.89. The summed E-state index contributed by atoms with van der Waals surface area (Å²) in [5.41, 5.74) is 0. The molecule has 1 N–H and O–H groups in total. The molecule has 1 aliphatic heterocycles. The van der Waals surface area contributed by atoms with Gasteiger partial charge in [0.05, 0.1) is 6.54 Å². The maximum atomic E-state index is 12.5. The van der Waals surface area contributed by atoms with Crippen molar-refractivity contribution in [3.05, 3.63) is 0 Å². The van der Waals surface area contributed by atoms with E-state index in [0.29, 0.717) is 19.0 Å². The van der Waals surface area contributed by atoms with Gasteiger partial charge in [-0.3, -0.25) is 9.69 Å². The molecule has 1 aliphatic carbocycles. The van der Waals surface area contributed by atoms with Crippen molar-refractivity contribution in [1.82, 2.24) is 14.7 Å². The number of hydrogen-bond acceptors (Lipinski definition) is 3. The van der Waals surface area contributed by atoms with Crippen LogP contribution in [-0.2, 0) is 4.79 Å². The Morgan fingerprint density at radius 1 is 1.10 bits per heavy atom. The lowest BCUT2D eigenvalue weighted by atomic mass is 10.1. The van der Waals surface area contributed by atoms with Crippen LogP contribution in [0.4, 0.5) is 4.79 Å². The number of hydrogen-bond donors (Lipinski definition) is 1. The lowest BCUT2D eigenvalue weighted by molar-refractivity contribution is -0.138. The fraction of sp³-hybridized carbons (Fsp3) is 0.867. The number of rotatable bonds is 4. The van der Waals surface area contributed by atoms with Crippen molar-refractivity contribution in [3.8, 4) is 0 Å². The third-order valence-electron chi connectivity index (χ3n) is 4.55. The molecule has 0 spiro atoms. The van der Waals surface area contributed by atoms with Crippen LogP contribution >= 0.6 is 0 Å². The molecule has 1 heterocycles. The molecule has 21 heavy (non-hydrogen) atoms. The lowest BCUT2D eigenvalue weighted by Gasteiger charge is -2.29. The molecule has 0 bridgehead atoms. The van der Waals surface area contributed by atoms with Crippen LogP contribution < -0.4 is 0 Å². The molecule has 0 aromatic rings. The third-order valence-corrected chi connectivity index (χ3v) is 4.55. The molecule has 0 aromatic heterocycles. The number of carbonyl (C=O) groups is 2. The molecule has 2 amide bonds. The number of aliphatic carboxylic acids is 1. The Bertz CT molecular complexity index is 369. The van der Waals surface area contributed by atoms with Gasteiger partial charge >= 0.3 is 12.0 Å². The molecular formula is C15H27N3O3. The van der Waals surface area contributed by atoms with Crippen LogP contribution in [0.25, 0.3) is 0 Å². The minimum absolute atomic E-state index is 0.0694. The number of carboxylic acid groups (broad SMARTS) is 1. The van der Waals surface area contributed by atoms with Gasteiger partial charge in [-0.05, 0) is 25.2 Å². The van der Waals surface area contributed by atoms with Crippen LogP contribution in [0.5, 0.6) is 0 Å². The summed E-state index contributed by atoms with van der Waals surface area (Å²) in [5.74, 6) is -0.137. The van der Waals surface area contributed by atoms with Crippen molar-refractivity contribution in [2.45, 2.75) is 32.1 Å². The quantitative estimate of drug-likeness (QED) is 0.850. The second kappa shape index (κ2) is 7.64. The molecule has 0 aromatic carbocycles. The third kappa shape index (κ3) is 4.88. The van der Waals surface area contributed by atoms with E-state index in [1.54, 1.807) is 0 Å². The minimum Gasteiger partial charge on any atom is -0.480 e. The summed E-state index contributed by atoms with van der Waals surface area (Å²) in [4.78, 5) is 28.9. The minimum atomic E-state index is -0.798. The molecule has 1 saturated heterocycles. The highest BCUT2D eigenvalue weighted by molar-refractivity contribution is 5.74. The predicted molar refractivity (Wildman–Crippen MR) is 80.2 cm³/mol. The number of nitrogens with zero attached hydrogens (tertiary/aromatic N) is 3. The Balaban J connectivity index is 1.80. The van der Waals surface area contributed by atoms with Crippen LogP contribution in [0.1, 0.15) is 32.1 Å². The standard InChI is InChI=1S/C15H27N3O3/c1-16(11-13-5-2-3-6-13)15(21)18-8-4-7-17(9-10-18)12-14(19)20/h13H,2-12H2,1H3,(H,19,20). The van der Waals surface area contributed by atoms with Crippen molar-refractivity contribution in [2.75, 3.05) is 46.3 Å². The first-order chi connectivity index (χ1) is 10.1. The summed E-state index contributed by atoms with van der Waals surface area (Å²) >= 11 is 0. The van der Waals surface area contributed by atoms with E-state index < -0.39 is 5.97 Å². The molecule has 2 rings (SSSR count). The zero-order valence-electron chi connectivity index (χ0n) is 13.0. The van der Waals surface area contributed by atoms with Gasteiger partial charge in [0, 0.05) is 39.8 Å². The van der Waals surface area contributed by atoms with E-state index in [4.69, 9.17) is 5.11 Å². The zero-order valence-corrected chi connectivity index (χ0v) is 13.0. The van der Waals surface area contributed by atoms with E-state index in [0.717, 1.165) is 26.1 Å². The highest BCUT2D eigenvalue weighted by Gasteiger charge is 2.25. The Labute approximate surface area is 126 Å². The summed E-state index contributed by atoms with van der Waals surface area (Å²) in [6.45, 7) is 3.68. The second-order valence-electron chi connectivity index (χ2n) is 6.32. The first kappa shape index (κ1) is 16.1. The summed E-state index contributed by atoms with van der Waals surface area (Å²) < 4.78 is 0. The fourth-order valence-corrected chi connectivity index (χ4v) is 3.41. The van der Waals surface area contributed by atoms with Gasteiger partial charge in [-0.1, -0.05) is 12.8 Å². The smallest absolute Gasteiger partial charge is 0.319 e. The normalized spacial score (nSPS) is 21.3. The molecule has 2 fully saturated rings. The van der Waals surface area contributed by atoms with Gasteiger partial charge in [0.25, 0.3) is 0 Å². The van der Waals surface area contributed by atoms with Crippen molar-refractivity contribution in [1.29, 1.82) is 0 Å². The van der Waals surface area contributed by atoms with Gasteiger partial charge in [0.15, 0.2) is 0 Å². The van der Waals surface area contributed by atoms with Gasteiger partial charge in [0.2, 0.25) is 0 Å². The fourth-order valence-electron chi connectivity index (χ4n) is 3.41. The molecule has 0 unspecified atom stereocenters. The van der Waals surface area contributed by atoms with Gasteiger partial charge < -0.3 is 14.9 Å². The van der Waals surface area contributed by atoms with Crippen LogP contribution in [-0.4, -0.2) is 78.1 Å². The molecule has 0 radical (unpaired) electrons. The molecular weight excluding hydrogens is 270 g/mol. The van der Waals surface area contributed by atoms with E-state index in [1.165, 1.54) is 25.7 Å². The van der Waals surface area contributed by atoms with Crippen molar-refractivity contribution >= 4 is 12.0 Å². The van der Waals surface area contributed by atoms with E-state index in [9.17, 15) is 9.59 Å². The van der Waals surface area contributed by atoms with Gasteiger partial charge in [-0.25, -0.2) is 4.79 Å². The summed E-state index contributed by atoms with van der Waals surface area (Å²) in [6, 6.07) is 0.0964. The molecule has 6 nitrogen and oxygen atoms in total. The Morgan fingerprint density at radius 3 is 2.48 bits per heavy atom. The van der Waals surface area contributed by atoms with E-state index in [-0.39, 0.29) is 12.6 Å². The summed E-state index contributed by atoms with van der Waals surface area (Å²) in [6.07, 6.45) is 5.91. The first-order valence-corrected chi connectivity index (χ1v) is 8.00. The summed E-state index contributed by atoms with van der Waals surface area (Å²) in [5, 5.41) is 8.85. The number of urea groups is 1. The maximum absolute atomic E-state index is 12.5. The highest BCUT2D eigenvalue weighted by Crippen LogP contribution is 2.25. The highest BCUT2D eigenvalue weighted by atomic mass is 16.4. The number of amides is 2. The average Bonchev–Trinajstić information content (AvgIpc) is 2.83. The maximum Gasteiger partial charge on any atom is 0.319 e. The van der Waals surface area contributed by atoms with E-state index in [2.05, 4.69) is 0 Å². The van der Waals surface area contributed by atoms with Gasteiger partial charge in [-0.15, -0.1) is 0 Å². The van der Waals surface area contributed by atoms with E-state index in [1.807, 2.05) is 21.7 Å². The van der Waals surface area contributed by atoms with Gasteiger partial charge in [0.1, 0.15) is 0 Å². The van der Waals surface area contributed by atoms with Crippen molar-refractivity contribution in [3.63, 3.8) is 0 Å². The SMILES string of the molecule is CN(CC1CCCC1)C(=O)N1CCCN(CC(=O)O)CC1. The topological polar surface area (TPSA) is 64.1 Å². The van der Waals surface area contributed by atoms with E-state index >= 15 is 0 Å². The van der Waals surface area contributed by atoms with Crippen LogP contribution in [0.15, 0.2) is 0 Å². The first-order valence-electron chi connectivity index (χ1n) is 8.00. The number of carboxylic acids is 1. The predicted octanol–water partition coefficient (Wildman–Crippen LogP) is 1.32. The zero-order chi connectivity index (χ0) is 15.2. The molecule has 1 saturated carbocycles. The van der Waals surface area contributed by atoms with Crippen molar-refractivity contribution < 1.29 is 14.7 Å². The second-order valence-corrected chi connectivity index (χ2v) is 6.32. The van der Waals surface area contributed by atoms with Crippen LogP contribution in [0.2, 0.25) is 0 Å². The van der Waals surface area contributed by atoms with Gasteiger partial charge in [-0.2, -0.15) is 0 Å². The molecule has 0 atom stereocenters. The molecule has 6 heteroatoms.